The summed E-state index contributed by atoms with van der Waals surface area (Å²) in [5.41, 5.74) is 4.72. The van der Waals surface area contributed by atoms with Crippen LogP contribution in [0.25, 0.3) is 0 Å². The fourth-order valence-electron chi connectivity index (χ4n) is 0.418. The normalized spacial score (nSPS) is 7.55. The fraction of sp³-hybridized carbons (Fsp3) is 0.714. The Morgan fingerprint density at radius 2 is 1.82 bits per heavy atom. The average Bonchev–Trinajstić information content (AvgIpc) is 1.91. The van der Waals surface area contributed by atoms with Gasteiger partial charge >= 0.3 is 0 Å². The quantitative estimate of drug-likeness (QED) is 0.571. The highest BCUT2D eigenvalue weighted by molar-refractivity contribution is 5.95. The Hall–Kier alpha value is -1.06. The molecule has 3 N–H and O–H groups in total. The molecule has 0 aliphatic carbocycles. The van der Waals surface area contributed by atoms with Gasteiger partial charge in [-0.1, -0.05) is 13.8 Å². The molecule has 11 heavy (non-hydrogen) atoms. The third-order valence-electron chi connectivity index (χ3n) is 0.709. The molecule has 0 fully saturated rings. The van der Waals surface area contributed by atoms with E-state index >= 15 is 0 Å². The summed E-state index contributed by atoms with van der Waals surface area (Å²) >= 11 is 0. The molecule has 0 unspecified atom stereocenters. The molecule has 0 aliphatic heterocycles. The predicted octanol–water partition coefficient (Wildman–Crippen LogP) is 0.0241. The lowest BCUT2D eigenvalue weighted by Gasteiger charge is -1.96. The van der Waals surface area contributed by atoms with Gasteiger partial charge in [-0.25, -0.2) is 0 Å². The highest BCUT2D eigenvalue weighted by Gasteiger charge is 2.01. The molecule has 0 aromatic carbocycles. The summed E-state index contributed by atoms with van der Waals surface area (Å²) in [6, 6.07) is 0. The Morgan fingerprint density at radius 1 is 1.36 bits per heavy atom. The summed E-state index contributed by atoms with van der Waals surface area (Å²) in [5, 5.41) is 2.44. The number of rotatable bonds is 3. The summed E-state index contributed by atoms with van der Waals surface area (Å²) in [5.74, 6) is -0.911. The van der Waals surface area contributed by atoms with Crippen LogP contribution in [0.2, 0.25) is 0 Å². The first-order valence-electron chi connectivity index (χ1n) is 3.71. The molecule has 0 aromatic rings. The van der Waals surface area contributed by atoms with E-state index in [-0.39, 0.29) is 12.3 Å². The number of primary amides is 1. The van der Waals surface area contributed by atoms with Gasteiger partial charge in [-0.3, -0.25) is 9.59 Å². The van der Waals surface area contributed by atoms with Crippen molar-refractivity contribution in [1.82, 2.24) is 5.32 Å². The largest absolute Gasteiger partial charge is 0.369 e. The Labute approximate surface area is 67.1 Å². The monoisotopic (exact) mass is 160 g/mol. The number of carbonyl (C=O) groups excluding carboxylic acids is 2. The van der Waals surface area contributed by atoms with Gasteiger partial charge < -0.3 is 11.1 Å². The third kappa shape index (κ3) is 12.2. The van der Waals surface area contributed by atoms with Crippen LogP contribution >= 0.6 is 0 Å². The number of nitrogens with two attached hydrogens (primary N) is 1. The van der Waals surface area contributed by atoms with Crippen LogP contribution in [-0.2, 0) is 9.59 Å². The zero-order valence-corrected chi connectivity index (χ0v) is 7.31. The molecule has 0 aromatic heterocycles. The van der Waals surface area contributed by atoms with E-state index in [0.29, 0.717) is 6.54 Å². The van der Waals surface area contributed by atoms with Gasteiger partial charge in [-0.05, 0) is 6.92 Å². The topological polar surface area (TPSA) is 72.2 Å². The van der Waals surface area contributed by atoms with Crippen molar-refractivity contribution in [2.75, 3.05) is 6.54 Å². The second kappa shape index (κ2) is 8.94. The number of carbonyl (C=O) groups is 2. The van der Waals surface area contributed by atoms with E-state index in [1.165, 1.54) is 0 Å². The Balaban J connectivity index is 0. The smallest absolute Gasteiger partial charge is 0.229 e. The minimum absolute atomic E-state index is 0.214. The molecular weight excluding hydrogens is 144 g/mol. The Bertz CT molecular complexity index is 124. The molecule has 4 nitrogen and oxygen atoms in total. The number of amides is 2. The van der Waals surface area contributed by atoms with Crippen molar-refractivity contribution in [3.05, 3.63) is 0 Å². The highest BCUT2D eigenvalue weighted by Crippen LogP contribution is 1.74. The van der Waals surface area contributed by atoms with Crippen LogP contribution in [0.4, 0.5) is 0 Å². The van der Waals surface area contributed by atoms with Gasteiger partial charge in [0.2, 0.25) is 11.8 Å². The average molecular weight is 160 g/mol. The fourth-order valence-corrected chi connectivity index (χ4v) is 0.418. The number of hydrogen-bond donors (Lipinski definition) is 2. The minimum Gasteiger partial charge on any atom is -0.369 e. The second-order valence-electron chi connectivity index (χ2n) is 1.60. The number of nitrogens with one attached hydrogen (secondary N) is 1. The van der Waals surface area contributed by atoms with E-state index in [1.807, 2.05) is 13.8 Å². The number of hydrogen-bond acceptors (Lipinski definition) is 2. The first-order chi connectivity index (χ1) is 5.16. The van der Waals surface area contributed by atoms with E-state index in [9.17, 15) is 9.59 Å². The van der Waals surface area contributed by atoms with Crippen LogP contribution in [0.1, 0.15) is 27.2 Å². The van der Waals surface area contributed by atoms with Crippen molar-refractivity contribution >= 4 is 11.8 Å². The van der Waals surface area contributed by atoms with Crippen molar-refractivity contribution in [3.63, 3.8) is 0 Å². The van der Waals surface area contributed by atoms with E-state index < -0.39 is 5.91 Å². The molecule has 2 amide bonds. The molecule has 4 heteroatoms. The maximum atomic E-state index is 10.4. The minimum atomic E-state index is -0.596. The van der Waals surface area contributed by atoms with Gasteiger partial charge in [0.25, 0.3) is 0 Å². The van der Waals surface area contributed by atoms with E-state index in [0.717, 1.165) is 0 Å². The van der Waals surface area contributed by atoms with Crippen molar-refractivity contribution in [2.24, 2.45) is 5.73 Å². The lowest BCUT2D eigenvalue weighted by atomic mass is 10.4. The standard InChI is InChI=1S/C5H10N2O2.C2H6/c1-2-7-5(9)3-4(6)8;1-2/h2-3H2,1H3,(H2,6,8)(H,7,9);1-2H3. The van der Waals surface area contributed by atoms with Crippen LogP contribution in [0.5, 0.6) is 0 Å². The van der Waals surface area contributed by atoms with Gasteiger partial charge in [0.1, 0.15) is 6.42 Å². The highest BCUT2D eigenvalue weighted by atomic mass is 16.2. The van der Waals surface area contributed by atoms with Crippen molar-refractivity contribution < 1.29 is 9.59 Å². The van der Waals surface area contributed by atoms with Gasteiger partial charge in [0.05, 0.1) is 0 Å². The van der Waals surface area contributed by atoms with E-state index in [4.69, 9.17) is 5.73 Å². The zero-order chi connectivity index (χ0) is 9.28. The van der Waals surface area contributed by atoms with Crippen molar-refractivity contribution in [1.29, 1.82) is 0 Å². The SMILES string of the molecule is CC.CCNC(=O)CC(N)=O. The van der Waals surface area contributed by atoms with Crippen LogP contribution in [0.15, 0.2) is 0 Å². The Morgan fingerprint density at radius 3 is 2.09 bits per heavy atom. The van der Waals surface area contributed by atoms with Gasteiger partial charge in [-0.2, -0.15) is 0 Å². The second-order valence-corrected chi connectivity index (χ2v) is 1.60. The molecule has 0 radical (unpaired) electrons. The summed E-state index contributed by atoms with van der Waals surface area (Å²) in [6.45, 7) is 6.31. The summed E-state index contributed by atoms with van der Waals surface area (Å²) < 4.78 is 0. The molecule has 0 rings (SSSR count). The van der Waals surface area contributed by atoms with Crippen LogP contribution in [-0.4, -0.2) is 18.4 Å². The molecule has 0 saturated heterocycles. The maximum absolute atomic E-state index is 10.4. The van der Waals surface area contributed by atoms with E-state index in [2.05, 4.69) is 5.32 Å². The molecular formula is C7H16N2O2. The van der Waals surface area contributed by atoms with Gasteiger partial charge in [-0.15, -0.1) is 0 Å². The van der Waals surface area contributed by atoms with Crippen LogP contribution in [0.3, 0.4) is 0 Å². The zero-order valence-electron chi connectivity index (χ0n) is 7.31. The molecule has 66 valence electrons. The molecule has 0 heterocycles. The van der Waals surface area contributed by atoms with Crippen LogP contribution in [0, 0.1) is 0 Å². The lowest BCUT2D eigenvalue weighted by molar-refractivity contribution is -0.127. The van der Waals surface area contributed by atoms with Crippen molar-refractivity contribution in [3.8, 4) is 0 Å². The first-order valence-corrected chi connectivity index (χ1v) is 3.71. The third-order valence-corrected chi connectivity index (χ3v) is 0.709. The molecule has 0 bridgehead atoms. The summed E-state index contributed by atoms with van der Waals surface area (Å²) in [4.78, 5) is 20.5. The van der Waals surface area contributed by atoms with Gasteiger partial charge in [0.15, 0.2) is 0 Å². The molecule has 0 saturated carbocycles. The molecule has 0 aliphatic rings. The van der Waals surface area contributed by atoms with E-state index in [1.54, 1.807) is 6.92 Å². The Kier molecular flexibility index (Phi) is 10.2. The summed E-state index contributed by atoms with van der Waals surface area (Å²) in [6.07, 6.45) is -0.214. The predicted molar refractivity (Wildman–Crippen MR) is 43.8 cm³/mol. The molecule has 0 atom stereocenters. The summed E-state index contributed by atoms with van der Waals surface area (Å²) in [7, 11) is 0. The van der Waals surface area contributed by atoms with Crippen molar-refractivity contribution in [2.45, 2.75) is 27.2 Å². The van der Waals surface area contributed by atoms with Crippen LogP contribution < -0.4 is 11.1 Å². The lowest BCUT2D eigenvalue weighted by Crippen LogP contribution is -2.27. The molecule has 0 spiro atoms. The first kappa shape index (κ1) is 12.6. The maximum Gasteiger partial charge on any atom is 0.229 e. The van der Waals surface area contributed by atoms with Gasteiger partial charge in [0, 0.05) is 6.54 Å².